The number of hydrogen-bond acceptors (Lipinski definition) is 3. The van der Waals surface area contributed by atoms with Gasteiger partial charge in [-0.15, -0.1) is 0 Å². The lowest BCUT2D eigenvalue weighted by molar-refractivity contribution is -0.120. The molecular weight excluding hydrogens is 406 g/mol. The smallest absolute Gasteiger partial charge is 0.265 e. The van der Waals surface area contributed by atoms with Gasteiger partial charge in [-0.1, -0.05) is 27.5 Å². The SMILES string of the molecule is O=C(COc1ccc(Br)cc1)N(Cc1ccco1)c1ccc(Cl)cc1. The van der Waals surface area contributed by atoms with E-state index in [1.165, 1.54) is 0 Å². The second-order valence-electron chi connectivity index (χ2n) is 5.28. The van der Waals surface area contributed by atoms with Gasteiger partial charge < -0.3 is 14.1 Å². The van der Waals surface area contributed by atoms with Gasteiger partial charge in [0.15, 0.2) is 6.61 Å². The molecule has 0 radical (unpaired) electrons. The number of anilines is 1. The van der Waals surface area contributed by atoms with E-state index in [-0.39, 0.29) is 12.5 Å². The largest absolute Gasteiger partial charge is 0.484 e. The summed E-state index contributed by atoms with van der Waals surface area (Å²) in [5.74, 6) is 1.14. The Hall–Kier alpha value is -2.24. The Labute approximate surface area is 159 Å². The highest BCUT2D eigenvalue weighted by Crippen LogP contribution is 2.21. The zero-order valence-electron chi connectivity index (χ0n) is 13.2. The van der Waals surface area contributed by atoms with Crippen LogP contribution in [-0.2, 0) is 11.3 Å². The first kappa shape index (κ1) is 17.6. The predicted molar refractivity (Wildman–Crippen MR) is 101 cm³/mol. The Morgan fingerprint density at radius 2 is 1.80 bits per heavy atom. The van der Waals surface area contributed by atoms with Crippen LogP contribution in [0.15, 0.2) is 75.8 Å². The van der Waals surface area contributed by atoms with Gasteiger partial charge in [-0.05, 0) is 60.7 Å². The lowest BCUT2D eigenvalue weighted by Gasteiger charge is -2.22. The summed E-state index contributed by atoms with van der Waals surface area (Å²) in [5.41, 5.74) is 0.727. The van der Waals surface area contributed by atoms with Gasteiger partial charge in [0.1, 0.15) is 11.5 Å². The summed E-state index contributed by atoms with van der Waals surface area (Å²) in [6.07, 6.45) is 1.58. The summed E-state index contributed by atoms with van der Waals surface area (Å²) in [4.78, 5) is 14.3. The van der Waals surface area contributed by atoms with Gasteiger partial charge in [0, 0.05) is 15.2 Å². The first-order chi connectivity index (χ1) is 12.1. The van der Waals surface area contributed by atoms with Crippen LogP contribution in [0.25, 0.3) is 0 Å². The third-order valence-electron chi connectivity index (χ3n) is 3.51. The fourth-order valence-corrected chi connectivity index (χ4v) is 2.65. The Balaban J connectivity index is 1.74. The summed E-state index contributed by atoms with van der Waals surface area (Å²) in [6.45, 7) is 0.238. The fourth-order valence-electron chi connectivity index (χ4n) is 2.26. The molecule has 0 saturated heterocycles. The van der Waals surface area contributed by atoms with Gasteiger partial charge in [0.25, 0.3) is 5.91 Å². The van der Waals surface area contributed by atoms with E-state index in [0.717, 1.165) is 10.2 Å². The molecule has 0 bridgehead atoms. The maximum Gasteiger partial charge on any atom is 0.265 e. The van der Waals surface area contributed by atoms with Crippen molar-refractivity contribution in [2.75, 3.05) is 11.5 Å². The number of halogens is 2. The zero-order valence-corrected chi connectivity index (χ0v) is 15.5. The highest BCUT2D eigenvalue weighted by atomic mass is 79.9. The van der Waals surface area contributed by atoms with Crippen molar-refractivity contribution in [3.05, 3.63) is 82.2 Å². The van der Waals surface area contributed by atoms with E-state index in [0.29, 0.717) is 23.1 Å². The average molecular weight is 421 g/mol. The Kier molecular flexibility index (Phi) is 5.79. The van der Waals surface area contributed by atoms with Crippen LogP contribution < -0.4 is 9.64 Å². The Morgan fingerprint density at radius 3 is 2.44 bits per heavy atom. The van der Waals surface area contributed by atoms with Crippen LogP contribution in [0.2, 0.25) is 5.02 Å². The van der Waals surface area contributed by atoms with Crippen LogP contribution in [0.1, 0.15) is 5.76 Å². The molecule has 3 rings (SSSR count). The van der Waals surface area contributed by atoms with Crippen molar-refractivity contribution in [1.29, 1.82) is 0 Å². The number of hydrogen-bond donors (Lipinski definition) is 0. The molecule has 0 saturated carbocycles. The first-order valence-electron chi connectivity index (χ1n) is 7.58. The molecule has 3 aromatic rings. The van der Waals surface area contributed by atoms with Crippen molar-refractivity contribution in [1.82, 2.24) is 0 Å². The molecule has 1 aromatic heterocycles. The van der Waals surface area contributed by atoms with Crippen LogP contribution in [0.3, 0.4) is 0 Å². The molecule has 0 aliphatic heterocycles. The standard InChI is InChI=1S/C19H15BrClNO3/c20-14-3-9-17(10-4-14)25-13-19(23)22(12-18-2-1-11-24-18)16-7-5-15(21)6-8-16/h1-11H,12-13H2. The third kappa shape index (κ3) is 4.87. The van der Waals surface area contributed by atoms with Crippen molar-refractivity contribution in [3.8, 4) is 5.75 Å². The van der Waals surface area contributed by atoms with Crippen LogP contribution >= 0.6 is 27.5 Å². The molecule has 4 nitrogen and oxygen atoms in total. The molecule has 0 fully saturated rings. The molecule has 0 atom stereocenters. The van der Waals surface area contributed by atoms with E-state index in [1.807, 2.05) is 18.2 Å². The summed E-state index contributed by atoms with van der Waals surface area (Å²) in [7, 11) is 0. The van der Waals surface area contributed by atoms with E-state index >= 15 is 0 Å². The minimum Gasteiger partial charge on any atom is -0.484 e. The van der Waals surface area contributed by atoms with Gasteiger partial charge in [-0.3, -0.25) is 4.79 Å². The number of furan rings is 1. The number of rotatable bonds is 6. The number of nitrogens with zero attached hydrogens (tertiary/aromatic N) is 1. The molecule has 0 spiro atoms. The molecule has 0 unspecified atom stereocenters. The minimum atomic E-state index is -0.179. The van der Waals surface area contributed by atoms with Gasteiger partial charge in [-0.25, -0.2) is 0 Å². The monoisotopic (exact) mass is 419 g/mol. The van der Waals surface area contributed by atoms with Crippen LogP contribution in [0.4, 0.5) is 5.69 Å². The lowest BCUT2D eigenvalue weighted by Crippen LogP contribution is -2.34. The van der Waals surface area contributed by atoms with Gasteiger partial charge in [-0.2, -0.15) is 0 Å². The van der Waals surface area contributed by atoms with E-state index < -0.39 is 0 Å². The summed E-state index contributed by atoms with van der Waals surface area (Å²) in [6, 6.07) is 18.0. The van der Waals surface area contributed by atoms with E-state index in [2.05, 4.69) is 15.9 Å². The molecule has 0 aliphatic rings. The van der Waals surface area contributed by atoms with Crippen molar-refractivity contribution >= 4 is 39.1 Å². The van der Waals surface area contributed by atoms with E-state index in [9.17, 15) is 4.79 Å². The Bertz CT molecular complexity index is 817. The van der Waals surface area contributed by atoms with Crippen molar-refractivity contribution in [3.63, 3.8) is 0 Å². The average Bonchev–Trinajstić information content (AvgIpc) is 3.13. The normalized spacial score (nSPS) is 10.5. The molecule has 0 N–H and O–H groups in total. The molecule has 1 heterocycles. The first-order valence-corrected chi connectivity index (χ1v) is 8.75. The van der Waals surface area contributed by atoms with Crippen LogP contribution in [-0.4, -0.2) is 12.5 Å². The molecule has 1 amide bonds. The molecule has 0 aliphatic carbocycles. The second kappa shape index (κ2) is 8.23. The highest BCUT2D eigenvalue weighted by Gasteiger charge is 2.18. The molecule has 25 heavy (non-hydrogen) atoms. The van der Waals surface area contributed by atoms with E-state index in [4.69, 9.17) is 20.8 Å². The quantitative estimate of drug-likeness (QED) is 0.543. The fraction of sp³-hybridized carbons (Fsp3) is 0.105. The molecular formula is C19H15BrClNO3. The van der Waals surface area contributed by atoms with Gasteiger partial charge >= 0.3 is 0 Å². The molecule has 128 valence electrons. The second-order valence-corrected chi connectivity index (χ2v) is 6.63. The van der Waals surface area contributed by atoms with Crippen molar-refractivity contribution in [2.24, 2.45) is 0 Å². The number of carbonyl (C=O) groups is 1. The van der Waals surface area contributed by atoms with Gasteiger partial charge in [0.05, 0.1) is 12.8 Å². The topological polar surface area (TPSA) is 42.7 Å². The van der Waals surface area contributed by atoms with Crippen LogP contribution in [0.5, 0.6) is 5.75 Å². The van der Waals surface area contributed by atoms with Crippen molar-refractivity contribution < 1.29 is 13.9 Å². The van der Waals surface area contributed by atoms with Crippen LogP contribution in [0, 0.1) is 0 Å². The Morgan fingerprint density at radius 1 is 1.08 bits per heavy atom. The number of carbonyl (C=O) groups excluding carboxylic acids is 1. The summed E-state index contributed by atoms with van der Waals surface area (Å²) < 4.78 is 11.9. The van der Waals surface area contributed by atoms with Gasteiger partial charge in [0.2, 0.25) is 0 Å². The summed E-state index contributed by atoms with van der Waals surface area (Å²) >= 11 is 9.31. The number of ether oxygens (including phenoxy) is 1. The zero-order chi connectivity index (χ0) is 17.6. The molecule has 6 heteroatoms. The predicted octanol–water partition coefficient (Wildman–Crippen LogP) is 5.31. The van der Waals surface area contributed by atoms with Crippen molar-refractivity contribution in [2.45, 2.75) is 6.54 Å². The number of benzene rings is 2. The highest BCUT2D eigenvalue weighted by molar-refractivity contribution is 9.10. The maximum absolute atomic E-state index is 12.7. The summed E-state index contributed by atoms with van der Waals surface area (Å²) in [5, 5.41) is 0.611. The maximum atomic E-state index is 12.7. The minimum absolute atomic E-state index is 0.0784. The third-order valence-corrected chi connectivity index (χ3v) is 4.29. The number of amides is 1. The lowest BCUT2D eigenvalue weighted by atomic mass is 10.2. The van der Waals surface area contributed by atoms with E-state index in [1.54, 1.807) is 53.6 Å². The molecule has 2 aromatic carbocycles.